The minimum absolute atomic E-state index is 0.0892. The Morgan fingerprint density at radius 3 is 2.42 bits per heavy atom. The Kier molecular flexibility index (Phi) is 7.87. The van der Waals surface area contributed by atoms with Gasteiger partial charge in [0.1, 0.15) is 23.6 Å². The number of carboxylic acids is 1. The van der Waals surface area contributed by atoms with Crippen LogP contribution in [0.2, 0.25) is 0 Å². The van der Waals surface area contributed by atoms with Crippen LogP contribution in [-0.4, -0.2) is 28.1 Å². The van der Waals surface area contributed by atoms with Gasteiger partial charge in [-0.25, -0.2) is 0 Å². The van der Waals surface area contributed by atoms with Crippen molar-refractivity contribution < 1.29 is 19.4 Å². The second-order valence-corrected chi connectivity index (χ2v) is 7.74. The summed E-state index contributed by atoms with van der Waals surface area (Å²) in [5.74, 6) is -0.536. The molecule has 3 aromatic rings. The van der Waals surface area contributed by atoms with Gasteiger partial charge in [0, 0.05) is 24.0 Å². The molecule has 2 N–H and O–H groups in total. The third kappa shape index (κ3) is 6.01. The molecule has 7 heteroatoms. The molecule has 0 bridgehead atoms. The van der Waals surface area contributed by atoms with E-state index in [9.17, 15) is 14.9 Å². The van der Waals surface area contributed by atoms with Crippen LogP contribution in [0.5, 0.6) is 5.75 Å². The number of benzene rings is 2. The minimum atomic E-state index is -0.952. The maximum atomic E-state index is 12.2. The molecule has 0 saturated heterocycles. The van der Waals surface area contributed by atoms with Crippen molar-refractivity contribution in [2.75, 3.05) is 6.54 Å². The van der Waals surface area contributed by atoms with E-state index in [4.69, 9.17) is 9.84 Å². The molecule has 7 nitrogen and oxygen atoms in total. The second kappa shape index (κ2) is 11.0. The van der Waals surface area contributed by atoms with E-state index < -0.39 is 5.97 Å². The minimum Gasteiger partial charge on any atom is -0.486 e. The Hall–Kier alpha value is -4.05. The number of ether oxygens (including phenoxy) is 1. The van der Waals surface area contributed by atoms with Gasteiger partial charge in [0.2, 0.25) is 0 Å². The Bertz CT molecular complexity index is 1140. The summed E-state index contributed by atoms with van der Waals surface area (Å²) in [4.78, 5) is 22.8. The van der Waals surface area contributed by atoms with Gasteiger partial charge in [0.15, 0.2) is 0 Å². The number of amides is 1. The normalized spacial score (nSPS) is 11.4. The summed E-state index contributed by atoms with van der Waals surface area (Å²) in [6, 6.07) is 18.9. The molecule has 0 aliphatic rings. The Morgan fingerprint density at radius 1 is 1.12 bits per heavy atom. The molecule has 0 saturated carbocycles. The van der Waals surface area contributed by atoms with Crippen LogP contribution >= 0.6 is 0 Å². The van der Waals surface area contributed by atoms with Crippen LogP contribution in [0, 0.1) is 18.3 Å². The standard InChI is InChI=1S/C26H27N3O4/c1-3-4-24(19-5-7-20(8-6-19)26(32)28-15-13-25(30)31)33-22-11-9-21(10-12-22)29-16-14-18(2)23(29)17-27/h5-12,14,16,24H,3-4,13,15H2,1-2H3,(H,28,32)(H,30,31). The average molecular weight is 446 g/mol. The van der Waals surface area contributed by atoms with Crippen molar-refractivity contribution in [1.82, 2.24) is 9.88 Å². The summed E-state index contributed by atoms with van der Waals surface area (Å²) < 4.78 is 8.10. The Morgan fingerprint density at radius 2 is 1.82 bits per heavy atom. The number of carboxylic acid groups (broad SMARTS) is 1. The summed E-state index contributed by atoms with van der Waals surface area (Å²) in [6.45, 7) is 4.08. The van der Waals surface area contributed by atoms with E-state index in [1.54, 1.807) is 12.1 Å². The maximum absolute atomic E-state index is 12.2. The number of aliphatic carboxylic acids is 1. The highest BCUT2D eigenvalue weighted by atomic mass is 16.5. The molecule has 170 valence electrons. The van der Waals surface area contributed by atoms with Gasteiger partial charge in [-0.3, -0.25) is 9.59 Å². The van der Waals surface area contributed by atoms with Gasteiger partial charge >= 0.3 is 5.97 Å². The topological polar surface area (TPSA) is 104 Å². The zero-order valence-electron chi connectivity index (χ0n) is 18.7. The highest BCUT2D eigenvalue weighted by Gasteiger charge is 2.15. The van der Waals surface area contributed by atoms with Gasteiger partial charge in [0.05, 0.1) is 6.42 Å². The molecule has 1 unspecified atom stereocenters. The first-order valence-electron chi connectivity index (χ1n) is 10.9. The van der Waals surface area contributed by atoms with Crippen LogP contribution in [0.15, 0.2) is 60.8 Å². The van der Waals surface area contributed by atoms with Crippen LogP contribution in [-0.2, 0) is 4.79 Å². The number of nitrogens with one attached hydrogen (secondary N) is 1. The van der Waals surface area contributed by atoms with Crippen molar-refractivity contribution in [3.8, 4) is 17.5 Å². The van der Waals surface area contributed by atoms with E-state index in [0.29, 0.717) is 11.3 Å². The lowest BCUT2D eigenvalue weighted by molar-refractivity contribution is -0.136. The molecular formula is C26H27N3O4. The lowest BCUT2D eigenvalue weighted by atomic mass is 10.0. The zero-order valence-corrected chi connectivity index (χ0v) is 18.7. The van der Waals surface area contributed by atoms with Crippen LogP contribution in [0.25, 0.3) is 5.69 Å². The first-order valence-corrected chi connectivity index (χ1v) is 10.9. The summed E-state index contributed by atoms with van der Waals surface area (Å²) >= 11 is 0. The first kappa shape index (κ1) is 23.6. The van der Waals surface area contributed by atoms with Crippen molar-refractivity contribution in [3.63, 3.8) is 0 Å². The van der Waals surface area contributed by atoms with Crippen molar-refractivity contribution >= 4 is 11.9 Å². The van der Waals surface area contributed by atoms with E-state index in [0.717, 1.165) is 35.4 Å². The predicted octanol–water partition coefficient (Wildman–Crippen LogP) is 4.78. The van der Waals surface area contributed by atoms with Gasteiger partial charge < -0.3 is 19.7 Å². The SMILES string of the molecule is CCCC(Oc1ccc(-n2ccc(C)c2C#N)cc1)c1ccc(C(=O)NCCC(=O)O)cc1. The molecule has 1 heterocycles. The number of nitrogens with zero attached hydrogens (tertiary/aromatic N) is 2. The molecule has 2 aromatic carbocycles. The lowest BCUT2D eigenvalue weighted by Crippen LogP contribution is -2.26. The second-order valence-electron chi connectivity index (χ2n) is 7.74. The monoisotopic (exact) mass is 445 g/mol. The van der Waals surface area contributed by atoms with Crippen molar-refractivity contribution in [1.29, 1.82) is 5.26 Å². The van der Waals surface area contributed by atoms with Crippen molar-refractivity contribution in [2.45, 2.75) is 39.2 Å². The van der Waals surface area contributed by atoms with Gasteiger partial charge in [-0.15, -0.1) is 0 Å². The van der Waals surface area contributed by atoms with Crippen LogP contribution in [0.1, 0.15) is 59.5 Å². The molecule has 3 rings (SSSR count). The zero-order chi connectivity index (χ0) is 23.8. The fourth-order valence-electron chi connectivity index (χ4n) is 3.53. The molecule has 0 radical (unpaired) electrons. The quantitative estimate of drug-likeness (QED) is 0.467. The van der Waals surface area contributed by atoms with Crippen LogP contribution in [0.4, 0.5) is 0 Å². The van der Waals surface area contributed by atoms with Gasteiger partial charge in [0.25, 0.3) is 5.91 Å². The Labute approximate surface area is 193 Å². The summed E-state index contributed by atoms with van der Waals surface area (Å²) in [7, 11) is 0. The molecule has 0 spiro atoms. The average Bonchev–Trinajstić information content (AvgIpc) is 3.19. The number of carbonyl (C=O) groups excluding carboxylic acids is 1. The summed E-state index contributed by atoms with van der Waals surface area (Å²) in [5.41, 5.74) is 3.85. The highest BCUT2D eigenvalue weighted by molar-refractivity contribution is 5.94. The molecule has 1 aromatic heterocycles. The Balaban J connectivity index is 1.69. The molecule has 33 heavy (non-hydrogen) atoms. The van der Waals surface area contributed by atoms with Crippen molar-refractivity contribution in [3.05, 3.63) is 83.2 Å². The van der Waals surface area contributed by atoms with E-state index in [1.807, 2.05) is 60.2 Å². The van der Waals surface area contributed by atoms with Gasteiger partial charge in [-0.05, 0) is 66.9 Å². The third-order valence-electron chi connectivity index (χ3n) is 5.31. The molecule has 1 atom stereocenters. The van der Waals surface area contributed by atoms with E-state index in [-0.39, 0.29) is 25.0 Å². The van der Waals surface area contributed by atoms with Gasteiger partial charge in [-0.2, -0.15) is 5.26 Å². The number of hydrogen-bond acceptors (Lipinski definition) is 4. The largest absolute Gasteiger partial charge is 0.486 e. The fourth-order valence-corrected chi connectivity index (χ4v) is 3.53. The summed E-state index contributed by atoms with van der Waals surface area (Å²) in [5, 5.41) is 20.7. The molecule has 0 fully saturated rings. The first-order chi connectivity index (χ1) is 15.9. The fraction of sp³-hybridized carbons (Fsp3) is 0.269. The number of carbonyl (C=O) groups is 2. The number of rotatable bonds is 10. The predicted molar refractivity (Wildman–Crippen MR) is 125 cm³/mol. The number of hydrogen-bond donors (Lipinski definition) is 2. The summed E-state index contributed by atoms with van der Waals surface area (Å²) in [6.07, 6.45) is 3.32. The van der Waals surface area contributed by atoms with E-state index >= 15 is 0 Å². The highest BCUT2D eigenvalue weighted by Crippen LogP contribution is 2.27. The molecule has 0 aliphatic carbocycles. The number of aromatic nitrogens is 1. The third-order valence-corrected chi connectivity index (χ3v) is 5.31. The molecule has 1 amide bonds. The van der Waals surface area contributed by atoms with E-state index in [1.165, 1.54) is 0 Å². The number of aryl methyl sites for hydroxylation is 1. The van der Waals surface area contributed by atoms with E-state index in [2.05, 4.69) is 18.3 Å². The van der Waals surface area contributed by atoms with Crippen LogP contribution < -0.4 is 10.1 Å². The maximum Gasteiger partial charge on any atom is 0.305 e. The lowest BCUT2D eigenvalue weighted by Gasteiger charge is -2.20. The molecule has 0 aliphatic heterocycles. The van der Waals surface area contributed by atoms with Crippen LogP contribution in [0.3, 0.4) is 0 Å². The smallest absolute Gasteiger partial charge is 0.305 e. The van der Waals surface area contributed by atoms with Crippen molar-refractivity contribution in [2.24, 2.45) is 0 Å². The number of nitriles is 1. The molecular weight excluding hydrogens is 418 g/mol. The van der Waals surface area contributed by atoms with Gasteiger partial charge in [-0.1, -0.05) is 25.5 Å².